The lowest BCUT2D eigenvalue weighted by Crippen LogP contribution is -2.02. The molecule has 0 atom stereocenters. The highest BCUT2D eigenvalue weighted by molar-refractivity contribution is 7.91. The molecule has 0 saturated heterocycles. The maximum Gasteiger partial charge on any atom is 0.206 e. The van der Waals surface area contributed by atoms with Gasteiger partial charge in [0.05, 0.1) is 28.0 Å². The van der Waals surface area contributed by atoms with E-state index in [2.05, 4.69) is 0 Å². The lowest BCUT2D eigenvalue weighted by atomic mass is 10.2. The maximum atomic E-state index is 12.3. The Balaban J connectivity index is 2.49. The Bertz CT molecular complexity index is 728. The average molecular weight is 273 g/mol. The molecular weight excluding hydrogens is 262 g/mol. The predicted octanol–water partition coefficient (Wildman–Crippen LogP) is 1.88. The van der Waals surface area contributed by atoms with Gasteiger partial charge in [-0.3, -0.25) is 0 Å². The second kappa shape index (κ2) is 5.22. The fourth-order valence-corrected chi connectivity index (χ4v) is 2.99. The van der Waals surface area contributed by atoms with Crippen molar-refractivity contribution in [3.05, 3.63) is 59.7 Å². The van der Waals surface area contributed by atoms with Crippen molar-refractivity contribution in [2.75, 3.05) is 0 Å². The molecule has 0 aromatic heterocycles. The van der Waals surface area contributed by atoms with Crippen LogP contribution in [0, 0.1) is 11.3 Å². The van der Waals surface area contributed by atoms with Gasteiger partial charge in [0.25, 0.3) is 0 Å². The number of aliphatic hydroxyl groups excluding tert-OH is 1. The molecule has 0 aliphatic heterocycles. The molecule has 4 nitrogen and oxygen atoms in total. The summed E-state index contributed by atoms with van der Waals surface area (Å²) in [5.41, 5.74) is 0.942. The van der Waals surface area contributed by atoms with Gasteiger partial charge in [-0.05, 0) is 42.0 Å². The Labute approximate surface area is 111 Å². The Kier molecular flexibility index (Phi) is 3.65. The minimum atomic E-state index is -3.62. The monoisotopic (exact) mass is 273 g/mol. The molecule has 0 saturated carbocycles. The van der Waals surface area contributed by atoms with E-state index in [1.165, 1.54) is 36.4 Å². The minimum Gasteiger partial charge on any atom is -0.392 e. The third kappa shape index (κ3) is 2.65. The SMILES string of the molecule is N#Cc1ccc(S(=O)(=O)c2cccc(CO)c2)cc1. The number of aliphatic hydroxyl groups is 1. The molecule has 19 heavy (non-hydrogen) atoms. The van der Waals surface area contributed by atoms with Crippen molar-refractivity contribution < 1.29 is 13.5 Å². The first-order valence-corrected chi connectivity index (χ1v) is 7.01. The molecule has 0 spiro atoms. The maximum absolute atomic E-state index is 12.3. The van der Waals surface area contributed by atoms with Gasteiger partial charge in [-0.15, -0.1) is 0 Å². The molecule has 0 unspecified atom stereocenters. The van der Waals surface area contributed by atoms with Gasteiger partial charge >= 0.3 is 0 Å². The summed E-state index contributed by atoms with van der Waals surface area (Å²) in [6, 6.07) is 13.8. The lowest BCUT2D eigenvalue weighted by molar-refractivity contribution is 0.281. The number of rotatable bonds is 3. The van der Waals surface area contributed by atoms with Crippen LogP contribution < -0.4 is 0 Å². The fraction of sp³-hybridized carbons (Fsp3) is 0.0714. The highest BCUT2D eigenvalue weighted by Crippen LogP contribution is 2.21. The topological polar surface area (TPSA) is 78.2 Å². The molecule has 2 aromatic rings. The molecule has 2 aromatic carbocycles. The van der Waals surface area contributed by atoms with Gasteiger partial charge in [0.2, 0.25) is 9.84 Å². The van der Waals surface area contributed by atoms with Crippen molar-refractivity contribution in [2.24, 2.45) is 0 Å². The number of nitriles is 1. The van der Waals surface area contributed by atoms with Crippen LogP contribution in [0.1, 0.15) is 11.1 Å². The van der Waals surface area contributed by atoms with Gasteiger partial charge in [-0.25, -0.2) is 8.42 Å². The number of sulfone groups is 1. The van der Waals surface area contributed by atoms with Crippen LogP contribution in [0.3, 0.4) is 0 Å². The minimum absolute atomic E-state index is 0.126. The summed E-state index contributed by atoms with van der Waals surface area (Å²) in [6.07, 6.45) is 0. The summed E-state index contributed by atoms with van der Waals surface area (Å²) < 4.78 is 24.7. The molecule has 0 heterocycles. The van der Waals surface area contributed by atoms with E-state index >= 15 is 0 Å². The average Bonchev–Trinajstić information content (AvgIpc) is 2.47. The van der Waals surface area contributed by atoms with E-state index in [0.29, 0.717) is 11.1 Å². The second-order valence-corrected chi connectivity index (χ2v) is 5.89. The quantitative estimate of drug-likeness (QED) is 0.926. The van der Waals surface area contributed by atoms with Crippen molar-refractivity contribution in [1.82, 2.24) is 0 Å². The van der Waals surface area contributed by atoms with Gasteiger partial charge in [-0.1, -0.05) is 12.1 Å². The van der Waals surface area contributed by atoms with Crippen LogP contribution >= 0.6 is 0 Å². The van der Waals surface area contributed by atoms with Gasteiger partial charge in [0.1, 0.15) is 0 Å². The first kappa shape index (κ1) is 13.3. The van der Waals surface area contributed by atoms with E-state index in [1.54, 1.807) is 12.1 Å². The van der Waals surface area contributed by atoms with Crippen molar-refractivity contribution in [1.29, 1.82) is 5.26 Å². The summed E-state index contributed by atoms with van der Waals surface area (Å²) >= 11 is 0. The Morgan fingerprint density at radius 3 is 2.32 bits per heavy atom. The summed E-state index contributed by atoms with van der Waals surface area (Å²) in [5, 5.41) is 17.7. The number of nitrogens with zero attached hydrogens (tertiary/aromatic N) is 1. The van der Waals surface area contributed by atoms with Crippen LogP contribution in [0.4, 0.5) is 0 Å². The smallest absolute Gasteiger partial charge is 0.206 e. The summed E-state index contributed by atoms with van der Waals surface area (Å²) in [5.74, 6) is 0. The standard InChI is InChI=1S/C14H11NO3S/c15-9-11-4-6-13(7-5-11)19(17,18)14-3-1-2-12(8-14)10-16/h1-8,16H,10H2. The first-order valence-electron chi connectivity index (χ1n) is 5.53. The van der Waals surface area contributed by atoms with Gasteiger partial charge < -0.3 is 5.11 Å². The molecule has 0 radical (unpaired) electrons. The normalized spacial score (nSPS) is 10.9. The van der Waals surface area contributed by atoms with Gasteiger partial charge in [0, 0.05) is 0 Å². The molecule has 0 bridgehead atoms. The second-order valence-electron chi connectivity index (χ2n) is 3.95. The van der Waals surface area contributed by atoms with E-state index in [4.69, 9.17) is 10.4 Å². The molecule has 0 aliphatic carbocycles. The van der Waals surface area contributed by atoms with E-state index in [1.807, 2.05) is 6.07 Å². The molecule has 96 valence electrons. The van der Waals surface area contributed by atoms with Crippen LogP contribution in [0.5, 0.6) is 0 Å². The van der Waals surface area contributed by atoms with Crippen LogP contribution in [0.25, 0.3) is 0 Å². The van der Waals surface area contributed by atoms with Crippen LogP contribution in [0.15, 0.2) is 58.3 Å². The zero-order chi connectivity index (χ0) is 13.9. The van der Waals surface area contributed by atoms with E-state index in [0.717, 1.165) is 0 Å². The number of hydrogen-bond donors (Lipinski definition) is 1. The highest BCUT2D eigenvalue weighted by Gasteiger charge is 2.17. The Morgan fingerprint density at radius 1 is 1.05 bits per heavy atom. The van der Waals surface area contributed by atoms with Crippen molar-refractivity contribution in [3.8, 4) is 6.07 Å². The van der Waals surface area contributed by atoms with Gasteiger partial charge in [0.15, 0.2) is 0 Å². The highest BCUT2D eigenvalue weighted by atomic mass is 32.2. The van der Waals surface area contributed by atoms with E-state index in [-0.39, 0.29) is 16.4 Å². The zero-order valence-electron chi connectivity index (χ0n) is 9.95. The van der Waals surface area contributed by atoms with Crippen molar-refractivity contribution in [3.63, 3.8) is 0 Å². The van der Waals surface area contributed by atoms with Crippen molar-refractivity contribution in [2.45, 2.75) is 16.4 Å². The molecule has 0 amide bonds. The third-order valence-corrected chi connectivity index (χ3v) is 4.45. The predicted molar refractivity (Wildman–Crippen MR) is 69.0 cm³/mol. The molecule has 0 aliphatic rings. The summed E-state index contributed by atoms with van der Waals surface area (Å²) in [7, 11) is -3.62. The molecule has 1 N–H and O–H groups in total. The Morgan fingerprint density at radius 2 is 1.74 bits per heavy atom. The first-order chi connectivity index (χ1) is 9.07. The van der Waals surface area contributed by atoms with Gasteiger partial charge in [-0.2, -0.15) is 5.26 Å². The van der Waals surface area contributed by atoms with Crippen LogP contribution in [-0.4, -0.2) is 13.5 Å². The Hall–Kier alpha value is -2.16. The van der Waals surface area contributed by atoms with Crippen molar-refractivity contribution >= 4 is 9.84 Å². The summed E-state index contributed by atoms with van der Waals surface area (Å²) in [6.45, 7) is -0.212. The molecule has 5 heteroatoms. The van der Waals surface area contributed by atoms with E-state index in [9.17, 15) is 8.42 Å². The molecular formula is C14H11NO3S. The molecule has 0 fully saturated rings. The lowest BCUT2D eigenvalue weighted by Gasteiger charge is -2.06. The fourth-order valence-electron chi connectivity index (χ4n) is 1.66. The third-order valence-electron chi connectivity index (χ3n) is 2.69. The van der Waals surface area contributed by atoms with E-state index < -0.39 is 9.84 Å². The van der Waals surface area contributed by atoms with Crippen LogP contribution in [0.2, 0.25) is 0 Å². The molecule has 2 rings (SSSR count). The summed E-state index contributed by atoms with van der Waals surface area (Å²) in [4.78, 5) is 0.255. The van der Waals surface area contributed by atoms with Crippen LogP contribution in [-0.2, 0) is 16.4 Å². The largest absolute Gasteiger partial charge is 0.392 e. The zero-order valence-corrected chi connectivity index (χ0v) is 10.8. The number of hydrogen-bond acceptors (Lipinski definition) is 4. The number of benzene rings is 2.